The second-order valence-corrected chi connectivity index (χ2v) is 3.95. The molecule has 2 heterocycles. The van der Waals surface area contributed by atoms with E-state index in [0.717, 1.165) is 5.39 Å². The summed E-state index contributed by atoms with van der Waals surface area (Å²) in [6, 6.07) is 7.23. The zero-order valence-electron chi connectivity index (χ0n) is 10.0. The first kappa shape index (κ1) is 11.3. The molecule has 3 aromatic rings. The third-order valence-electron chi connectivity index (χ3n) is 2.84. The molecule has 2 aromatic heterocycles. The SMILES string of the molecule is COc1cccc2cc(-c3[nH]ncc3C(=O)O)oc12. The molecular formula is C13H10N2O4. The molecule has 0 aliphatic heterocycles. The third-order valence-corrected chi connectivity index (χ3v) is 2.84. The number of furan rings is 1. The van der Waals surface area contributed by atoms with E-state index in [4.69, 9.17) is 14.3 Å². The average molecular weight is 258 g/mol. The van der Waals surface area contributed by atoms with Crippen LogP contribution in [0.15, 0.2) is 34.9 Å². The van der Waals surface area contributed by atoms with Crippen LogP contribution in [0.3, 0.4) is 0 Å². The number of nitrogens with one attached hydrogen (secondary N) is 1. The van der Waals surface area contributed by atoms with Crippen molar-refractivity contribution >= 4 is 16.9 Å². The number of aromatic amines is 1. The van der Waals surface area contributed by atoms with E-state index in [1.165, 1.54) is 6.20 Å². The summed E-state index contributed by atoms with van der Waals surface area (Å²) in [5.74, 6) is -0.0503. The van der Waals surface area contributed by atoms with Crippen molar-refractivity contribution in [2.24, 2.45) is 0 Å². The van der Waals surface area contributed by atoms with Crippen molar-refractivity contribution in [3.05, 3.63) is 36.0 Å². The Balaban J connectivity index is 2.21. The molecule has 2 N–H and O–H groups in total. The number of carbonyl (C=O) groups is 1. The first-order valence-electron chi connectivity index (χ1n) is 5.54. The van der Waals surface area contributed by atoms with Crippen LogP contribution in [0, 0.1) is 0 Å². The van der Waals surface area contributed by atoms with E-state index < -0.39 is 5.97 Å². The summed E-state index contributed by atoms with van der Waals surface area (Å²) in [7, 11) is 1.55. The lowest BCUT2D eigenvalue weighted by atomic mass is 10.2. The van der Waals surface area contributed by atoms with Gasteiger partial charge in [0, 0.05) is 5.39 Å². The van der Waals surface area contributed by atoms with E-state index in [2.05, 4.69) is 10.2 Å². The van der Waals surface area contributed by atoms with E-state index in [1.54, 1.807) is 19.2 Å². The second-order valence-electron chi connectivity index (χ2n) is 3.95. The van der Waals surface area contributed by atoms with Gasteiger partial charge in [0.15, 0.2) is 17.1 Å². The summed E-state index contributed by atoms with van der Waals surface area (Å²) < 4.78 is 10.9. The molecule has 0 aliphatic carbocycles. The molecule has 0 unspecified atom stereocenters. The van der Waals surface area contributed by atoms with Crippen molar-refractivity contribution in [3.63, 3.8) is 0 Å². The predicted molar refractivity (Wildman–Crippen MR) is 67.3 cm³/mol. The number of hydrogen-bond donors (Lipinski definition) is 2. The van der Waals surface area contributed by atoms with E-state index in [9.17, 15) is 4.79 Å². The second kappa shape index (κ2) is 4.16. The Bertz CT molecular complexity index is 757. The molecule has 0 saturated carbocycles. The number of rotatable bonds is 3. The predicted octanol–water partition coefficient (Wildman–Crippen LogP) is 2.53. The number of aromatic carboxylic acids is 1. The maximum Gasteiger partial charge on any atom is 0.339 e. The molecular weight excluding hydrogens is 248 g/mol. The van der Waals surface area contributed by atoms with Crippen LogP contribution >= 0.6 is 0 Å². The zero-order valence-corrected chi connectivity index (χ0v) is 10.0. The highest BCUT2D eigenvalue weighted by Gasteiger charge is 2.18. The maximum absolute atomic E-state index is 11.1. The van der Waals surface area contributed by atoms with Crippen LogP contribution in [0.5, 0.6) is 5.75 Å². The zero-order chi connectivity index (χ0) is 13.4. The van der Waals surface area contributed by atoms with Crippen LogP contribution in [0.2, 0.25) is 0 Å². The summed E-state index contributed by atoms with van der Waals surface area (Å²) >= 11 is 0. The smallest absolute Gasteiger partial charge is 0.339 e. The van der Waals surface area contributed by atoms with Gasteiger partial charge in [-0.1, -0.05) is 12.1 Å². The van der Waals surface area contributed by atoms with Gasteiger partial charge in [-0.15, -0.1) is 0 Å². The number of nitrogens with zero attached hydrogens (tertiary/aromatic N) is 1. The van der Waals surface area contributed by atoms with Gasteiger partial charge in [-0.3, -0.25) is 5.10 Å². The van der Waals surface area contributed by atoms with Crippen molar-refractivity contribution in [2.75, 3.05) is 7.11 Å². The summed E-state index contributed by atoms with van der Waals surface area (Å²) in [6.45, 7) is 0. The van der Waals surface area contributed by atoms with Crippen molar-refractivity contribution in [3.8, 4) is 17.2 Å². The number of H-pyrrole nitrogens is 1. The van der Waals surface area contributed by atoms with Crippen LogP contribution in [0.25, 0.3) is 22.4 Å². The Morgan fingerprint density at radius 3 is 3.05 bits per heavy atom. The normalized spacial score (nSPS) is 10.8. The van der Waals surface area contributed by atoms with Crippen molar-refractivity contribution in [1.29, 1.82) is 0 Å². The van der Waals surface area contributed by atoms with Crippen LogP contribution in [-0.4, -0.2) is 28.4 Å². The molecule has 1 aromatic carbocycles. The first-order chi connectivity index (χ1) is 9.20. The van der Waals surface area contributed by atoms with E-state index >= 15 is 0 Å². The van der Waals surface area contributed by atoms with E-state index in [0.29, 0.717) is 22.8 Å². The number of para-hydroxylation sites is 1. The van der Waals surface area contributed by atoms with Gasteiger partial charge in [0.2, 0.25) is 0 Å². The lowest BCUT2D eigenvalue weighted by Crippen LogP contribution is -1.95. The molecule has 3 rings (SSSR count). The van der Waals surface area contributed by atoms with Gasteiger partial charge in [0.1, 0.15) is 11.3 Å². The molecule has 0 spiro atoms. The fraction of sp³-hybridized carbons (Fsp3) is 0.0769. The van der Waals surface area contributed by atoms with Crippen LogP contribution in [0.4, 0.5) is 0 Å². The topological polar surface area (TPSA) is 88.3 Å². The van der Waals surface area contributed by atoms with Gasteiger partial charge in [-0.2, -0.15) is 5.10 Å². The lowest BCUT2D eigenvalue weighted by Gasteiger charge is -1.98. The first-order valence-corrected chi connectivity index (χ1v) is 5.54. The molecule has 0 atom stereocenters. The number of ether oxygens (including phenoxy) is 1. The number of aromatic nitrogens is 2. The van der Waals surface area contributed by atoms with Gasteiger partial charge < -0.3 is 14.3 Å². The summed E-state index contributed by atoms with van der Waals surface area (Å²) in [4.78, 5) is 11.1. The molecule has 0 amide bonds. The van der Waals surface area contributed by atoms with Gasteiger partial charge in [-0.25, -0.2) is 4.79 Å². The summed E-state index contributed by atoms with van der Waals surface area (Å²) in [6.07, 6.45) is 1.25. The van der Waals surface area contributed by atoms with Crippen LogP contribution < -0.4 is 4.74 Å². The van der Waals surface area contributed by atoms with Crippen molar-refractivity contribution in [1.82, 2.24) is 10.2 Å². The number of benzene rings is 1. The van der Waals surface area contributed by atoms with E-state index in [1.807, 2.05) is 12.1 Å². The van der Waals surface area contributed by atoms with Crippen LogP contribution in [0.1, 0.15) is 10.4 Å². The molecule has 6 heteroatoms. The lowest BCUT2D eigenvalue weighted by molar-refractivity contribution is 0.0697. The van der Waals surface area contributed by atoms with Gasteiger partial charge in [0.25, 0.3) is 0 Å². The minimum atomic E-state index is -1.06. The quantitative estimate of drug-likeness (QED) is 0.753. The molecule has 0 saturated heterocycles. The Morgan fingerprint density at radius 1 is 1.47 bits per heavy atom. The van der Waals surface area contributed by atoms with E-state index in [-0.39, 0.29) is 5.56 Å². The van der Waals surface area contributed by atoms with Gasteiger partial charge >= 0.3 is 5.97 Å². The molecule has 6 nitrogen and oxygen atoms in total. The van der Waals surface area contributed by atoms with Crippen LogP contribution in [-0.2, 0) is 0 Å². The highest BCUT2D eigenvalue weighted by atomic mass is 16.5. The molecule has 0 bridgehead atoms. The molecule has 0 fully saturated rings. The number of fused-ring (bicyclic) bond motifs is 1. The Kier molecular flexibility index (Phi) is 2.49. The molecule has 0 radical (unpaired) electrons. The summed E-state index contributed by atoms with van der Waals surface area (Å²) in [5, 5.41) is 16.3. The summed E-state index contributed by atoms with van der Waals surface area (Å²) in [5.41, 5.74) is 0.981. The highest BCUT2D eigenvalue weighted by molar-refractivity contribution is 5.95. The van der Waals surface area contributed by atoms with Crippen molar-refractivity contribution < 1.29 is 19.1 Å². The standard InChI is InChI=1S/C13H10N2O4/c1-18-9-4-2-3-7-5-10(19-12(7)9)11-8(13(16)17)6-14-15-11/h2-6H,1H3,(H,14,15)(H,16,17). The fourth-order valence-electron chi connectivity index (χ4n) is 1.96. The number of hydrogen-bond acceptors (Lipinski definition) is 4. The Morgan fingerprint density at radius 2 is 2.32 bits per heavy atom. The largest absolute Gasteiger partial charge is 0.493 e. The Hall–Kier alpha value is -2.76. The third kappa shape index (κ3) is 1.74. The Labute approximate surface area is 107 Å². The number of carboxylic acids is 1. The fourth-order valence-corrected chi connectivity index (χ4v) is 1.96. The van der Waals surface area contributed by atoms with Gasteiger partial charge in [-0.05, 0) is 12.1 Å². The maximum atomic E-state index is 11.1. The molecule has 0 aliphatic rings. The monoisotopic (exact) mass is 258 g/mol. The molecule has 19 heavy (non-hydrogen) atoms. The van der Waals surface area contributed by atoms with Gasteiger partial charge in [0.05, 0.1) is 13.3 Å². The highest BCUT2D eigenvalue weighted by Crippen LogP contribution is 2.33. The molecule has 96 valence electrons. The number of carboxylic acid groups (broad SMARTS) is 1. The minimum Gasteiger partial charge on any atom is -0.493 e. The average Bonchev–Trinajstić information content (AvgIpc) is 3.03. The minimum absolute atomic E-state index is 0.0676. The number of methoxy groups -OCH3 is 1. The van der Waals surface area contributed by atoms with Crippen molar-refractivity contribution in [2.45, 2.75) is 0 Å².